The Bertz CT molecular complexity index is 3870. The molecule has 0 radical (unpaired) electrons. The quantitative estimate of drug-likeness (QED) is 0.142. The third-order valence-electron chi connectivity index (χ3n) is 13.8. The van der Waals surface area contributed by atoms with Crippen molar-refractivity contribution in [3.8, 4) is 78.1 Å². The fourth-order valence-corrected chi connectivity index (χ4v) is 10.3. The average Bonchev–Trinajstić information content (AvgIpc) is 4.01. The summed E-state index contributed by atoms with van der Waals surface area (Å²) < 4.78 is 4.58. The second kappa shape index (κ2) is 20.7. The number of fused-ring (bicyclic) bond motifs is 6. The third-order valence-corrected chi connectivity index (χ3v) is 13.8. The van der Waals surface area contributed by atoms with Gasteiger partial charge in [-0.3, -0.25) is 0 Å². The number of hydrogen-bond donors (Lipinski definition) is 0. The number of benzene rings is 10. The predicted molar refractivity (Wildman–Crippen MR) is 307 cm³/mol. The Kier molecular flexibility index (Phi) is 12.9. The van der Waals surface area contributed by atoms with E-state index in [1.165, 1.54) is 44.5 Å². The van der Waals surface area contributed by atoms with Gasteiger partial charge in [-0.2, -0.15) is 0 Å². The summed E-state index contributed by atoms with van der Waals surface area (Å²) in [5.41, 5.74) is 22.7. The maximum absolute atomic E-state index is 4.71. The van der Waals surface area contributed by atoms with Gasteiger partial charge in [0.1, 0.15) is 0 Å². The van der Waals surface area contributed by atoms with Crippen molar-refractivity contribution in [1.82, 2.24) is 19.1 Å². The number of nitrogens with zero attached hydrogens (tertiary/aromatic N) is 4. The van der Waals surface area contributed by atoms with Crippen LogP contribution in [0.4, 0.5) is 0 Å². The molecule has 0 aliphatic carbocycles. The number of aromatic nitrogens is 4. The van der Waals surface area contributed by atoms with Gasteiger partial charge in [-0.15, -0.1) is 36.4 Å². The van der Waals surface area contributed by atoms with Crippen molar-refractivity contribution in [1.29, 1.82) is 0 Å². The Morgan fingerprint density at radius 3 is 0.840 bits per heavy atom. The molecule has 4 aromatic heterocycles. The van der Waals surface area contributed by atoms with Crippen LogP contribution in [-0.2, 0) is 21.1 Å². The molecule has 356 valence electrons. The molecular formula is C70H46N4Pt. The van der Waals surface area contributed by atoms with E-state index in [2.05, 4.69) is 264 Å². The van der Waals surface area contributed by atoms with Crippen LogP contribution in [0.3, 0.4) is 0 Å². The van der Waals surface area contributed by atoms with Gasteiger partial charge in [0.25, 0.3) is 0 Å². The van der Waals surface area contributed by atoms with Crippen molar-refractivity contribution in [2.24, 2.45) is 0 Å². The van der Waals surface area contributed by atoms with E-state index in [4.69, 9.17) is 9.97 Å². The van der Waals surface area contributed by atoms with E-state index in [1.54, 1.807) is 0 Å². The van der Waals surface area contributed by atoms with E-state index in [9.17, 15) is 0 Å². The zero-order valence-corrected chi connectivity index (χ0v) is 42.9. The Labute approximate surface area is 450 Å². The van der Waals surface area contributed by atoms with Gasteiger partial charge in [-0.25, -0.2) is 0 Å². The topological polar surface area (TPSA) is 35.6 Å². The standard InChI is InChI=1S/2C35H23N2.Pt/c2*1-4-11-25(12-5-1)28-21-29(26-13-6-2-7-14-26)23-30(22-28)27-18-19-32-34(24-27)37(31-15-8-3-9-16-31)33-17-10-20-36-35(32)33;/h2*1-18,20-24H;/q2*-1;+2. The second-order valence-electron chi connectivity index (χ2n) is 18.4. The summed E-state index contributed by atoms with van der Waals surface area (Å²) in [6, 6.07) is 101. The molecule has 4 nitrogen and oxygen atoms in total. The molecule has 14 aromatic rings. The van der Waals surface area contributed by atoms with Crippen LogP contribution >= 0.6 is 0 Å². The van der Waals surface area contributed by atoms with Gasteiger partial charge in [0.05, 0.1) is 0 Å². The Hall–Kier alpha value is -9.21. The summed E-state index contributed by atoms with van der Waals surface area (Å²) in [6.07, 6.45) is 3.71. The van der Waals surface area contributed by atoms with Crippen molar-refractivity contribution in [3.05, 3.63) is 291 Å². The maximum atomic E-state index is 4.71. The van der Waals surface area contributed by atoms with Crippen LogP contribution in [0, 0.1) is 12.1 Å². The minimum Gasteiger partial charge on any atom is -0.358 e. The van der Waals surface area contributed by atoms with Crippen LogP contribution < -0.4 is 0 Å². The van der Waals surface area contributed by atoms with Gasteiger partial charge in [0, 0.05) is 45.8 Å². The van der Waals surface area contributed by atoms with Crippen molar-refractivity contribution in [3.63, 3.8) is 0 Å². The first kappa shape index (κ1) is 46.8. The van der Waals surface area contributed by atoms with Gasteiger partial charge in [0.15, 0.2) is 0 Å². The molecule has 0 fully saturated rings. The zero-order valence-electron chi connectivity index (χ0n) is 40.7. The molecule has 0 aliphatic rings. The fourth-order valence-electron chi connectivity index (χ4n) is 10.3. The summed E-state index contributed by atoms with van der Waals surface area (Å²) in [6.45, 7) is 0. The first-order valence-electron chi connectivity index (χ1n) is 25.0. The van der Waals surface area contributed by atoms with E-state index >= 15 is 0 Å². The summed E-state index contributed by atoms with van der Waals surface area (Å²) in [7, 11) is 0. The Morgan fingerprint density at radius 1 is 0.253 bits per heavy atom. The number of pyridine rings is 2. The molecule has 0 spiro atoms. The molecule has 0 unspecified atom stereocenters. The first-order valence-corrected chi connectivity index (χ1v) is 25.0. The minimum absolute atomic E-state index is 0. The van der Waals surface area contributed by atoms with Gasteiger partial charge >= 0.3 is 21.1 Å². The van der Waals surface area contributed by atoms with Gasteiger partial charge in [-0.05, 0) is 116 Å². The van der Waals surface area contributed by atoms with E-state index in [-0.39, 0.29) is 21.1 Å². The number of para-hydroxylation sites is 2. The Balaban J connectivity index is 0.000000150. The van der Waals surface area contributed by atoms with Gasteiger partial charge < -0.3 is 19.1 Å². The monoisotopic (exact) mass is 1140 g/mol. The average molecular weight is 1140 g/mol. The first-order chi connectivity index (χ1) is 36.7. The molecule has 75 heavy (non-hydrogen) atoms. The summed E-state index contributed by atoms with van der Waals surface area (Å²) in [5, 5.41) is 2.07. The number of rotatable bonds is 8. The minimum atomic E-state index is 0. The smallest absolute Gasteiger partial charge is 0.358 e. The summed E-state index contributed by atoms with van der Waals surface area (Å²) in [4.78, 5) is 9.43. The van der Waals surface area contributed by atoms with Crippen molar-refractivity contribution >= 4 is 43.9 Å². The molecule has 0 bridgehead atoms. The fraction of sp³-hybridized carbons (Fsp3) is 0. The van der Waals surface area contributed by atoms with Crippen molar-refractivity contribution in [2.75, 3.05) is 0 Å². The van der Waals surface area contributed by atoms with E-state index in [1.807, 2.05) is 36.7 Å². The van der Waals surface area contributed by atoms with E-state index in [0.717, 1.165) is 77.5 Å². The second-order valence-corrected chi connectivity index (χ2v) is 18.4. The molecule has 5 heteroatoms. The van der Waals surface area contributed by atoms with Crippen LogP contribution in [0.25, 0.3) is 122 Å². The van der Waals surface area contributed by atoms with Crippen LogP contribution in [0.1, 0.15) is 0 Å². The molecule has 0 saturated heterocycles. The Morgan fingerprint density at radius 2 is 0.533 bits per heavy atom. The maximum Gasteiger partial charge on any atom is 2.00 e. The molecule has 0 aliphatic heterocycles. The molecule has 14 rings (SSSR count). The van der Waals surface area contributed by atoms with E-state index in [0.29, 0.717) is 0 Å². The van der Waals surface area contributed by atoms with Crippen LogP contribution in [0.5, 0.6) is 0 Å². The molecular weight excluding hydrogens is 1090 g/mol. The molecule has 0 saturated carbocycles. The van der Waals surface area contributed by atoms with Crippen molar-refractivity contribution in [2.45, 2.75) is 0 Å². The van der Waals surface area contributed by atoms with Crippen LogP contribution in [0.2, 0.25) is 0 Å². The normalized spacial score (nSPS) is 11.1. The molecule has 0 amide bonds. The van der Waals surface area contributed by atoms with Gasteiger partial charge in [-0.1, -0.05) is 215 Å². The summed E-state index contributed by atoms with van der Waals surface area (Å²) in [5.74, 6) is 0. The largest absolute Gasteiger partial charge is 2.00 e. The SMILES string of the molecule is [Pt+2].[c-]1cc(-c2cc(-c3ccccc3)cc(-c3ccccc3)c2)cc2c1c1ncccc1n2-c1ccccc1.[c-]1cc(-c2cc(-c3ccccc3)cc(-c3ccccc3)c2)cc2c1c1ncccc1n2-c1ccccc1. The van der Waals surface area contributed by atoms with Crippen LogP contribution in [0.15, 0.2) is 279 Å². The molecule has 4 heterocycles. The molecule has 0 atom stereocenters. The number of hydrogen-bond acceptors (Lipinski definition) is 2. The van der Waals surface area contributed by atoms with Crippen LogP contribution in [-0.4, -0.2) is 19.1 Å². The zero-order chi connectivity index (χ0) is 49.2. The van der Waals surface area contributed by atoms with Gasteiger partial charge in [0.2, 0.25) is 0 Å². The summed E-state index contributed by atoms with van der Waals surface area (Å²) >= 11 is 0. The third kappa shape index (κ3) is 9.18. The van der Waals surface area contributed by atoms with E-state index < -0.39 is 0 Å². The molecule has 0 N–H and O–H groups in total. The van der Waals surface area contributed by atoms with Crippen molar-refractivity contribution < 1.29 is 21.1 Å². The molecule has 10 aromatic carbocycles. The predicted octanol–water partition coefficient (Wildman–Crippen LogP) is 18.0.